The van der Waals surface area contributed by atoms with E-state index in [9.17, 15) is 19.7 Å². The Balaban J connectivity index is 1.77. The topological polar surface area (TPSA) is 114 Å². The van der Waals surface area contributed by atoms with E-state index in [1.165, 1.54) is 36.3 Å². The molecule has 0 unspecified atom stereocenters. The monoisotopic (exact) mass is 332 g/mol. The maximum absolute atomic E-state index is 11.7. The van der Waals surface area contributed by atoms with Gasteiger partial charge >= 0.3 is 0 Å². The first-order valence-corrected chi connectivity index (χ1v) is 7.41. The highest BCUT2D eigenvalue weighted by molar-refractivity contribution is 8.00. The first-order chi connectivity index (χ1) is 11.1. The molecule has 0 saturated heterocycles. The van der Waals surface area contributed by atoms with Crippen LogP contribution in [0, 0.1) is 10.1 Å². The summed E-state index contributed by atoms with van der Waals surface area (Å²) in [6.07, 6.45) is 2.92. The maximum atomic E-state index is 11.7. The lowest BCUT2D eigenvalue weighted by atomic mass is 10.3. The molecule has 2 aromatic rings. The van der Waals surface area contributed by atoms with Crippen molar-refractivity contribution in [3.8, 4) is 0 Å². The molecule has 1 heterocycles. The van der Waals surface area contributed by atoms with Crippen LogP contribution in [0.25, 0.3) is 0 Å². The molecule has 2 N–H and O–H groups in total. The molecule has 0 spiro atoms. The van der Waals surface area contributed by atoms with Crippen molar-refractivity contribution in [2.45, 2.75) is 4.90 Å². The number of aromatic nitrogens is 1. The Morgan fingerprint density at radius 1 is 1.17 bits per heavy atom. The molecule has 1 aromatic heterocycles. The first kappa shape index (κ1) is 16.4. The first-order valence-electron chi connectivity index (χ1n) is 6.43. The second-order valence-electron chi connectivity index (χ2n) is 4.28. The second-order valence-corrected chi connectivity index (χ2v) is 5.33. The van der Waals surface area contributed by atoms with Crippen LogP contribution in [-0.4, -0.2) is 27.5 Å². The van der Waals surface area contributed by atoms with Crippen LogP contribution in [0.4, 0.5) is 5.69 Å². The van der Waals surface area contributed by atoms with E-state index in [-0.39, 0.29) is 11.4 Å². The van der Waals surface area contributed by atoms with Crippen molar-refractivity contribution in [2.24, 2.45) is 0 Å². The molecule has 0 radical (unpaired) electrons. The minimum Gasteiger partial charge on any atom is -0.272 e. The molecule has 2 rings (SSSR count). The van der Waals surface area contributed by atoms with Crippen molar-refractivity contribution in [1.82, 2.24) is 15.8 Å². The summed E-state index contributed by atoms with van der Waals surface area (Å²) in [6.45, 7) is 0. The van der Waals surface area contributed by atoms with Gasteiger partial charge in [-0.2, -0.15) is 0 Å². The number of nitro benzene ring substituents is 1. The number of benzene rings is 1. The quantitative estimate of drug-likeness (QED) is 0.488. The van der Waals surface area contributed by atoms with Crippen LogP contribution in [0.2, 0.25) is 0 Å². The van der Waals surface area contributed by atoms with Crippen molar-refractivity contribution < 1.29 is 14.5 Å². The van der Waals surface area contributed by atoms with Gasteiger partial charge in [0, 0.05) is 29.4 Å². The Morgan fingerprint density at radius 3 is 2.52 bits per heavy atom. The van der Waals surface area contributed by atoms with Crippen LogP contribution in [0.5, 0.6) is 0 Å². The van der Waals surface area contributed by atoms with Crippen LogP contribution < -0.4 is 10.9 Å². The van der Waals surface area contributed by atoms with Gasteiger partial charge < -0.3 is 0 Å². The average molecular weight is 332 g/mol. The van der Waals surface area contributed by atoms with E-state index < -0.39 is 16.7 Å². The van der Waals surface area contributed by atoms with E-state index in [1.807, 2.05) is 0 Å². The van der Waals surface area contributed by atoms with E-state index in [0.29, 0.717) is 10.5 Å². The van der Waals surface area contributed by atoms with Gasteiger partial charge in [-0.1, -0.05) is 0 Å². The molecule has 118 valence electrons. The number of carbonyl (C=O) groups excluding carboxylic acids is 2. The number of hydrogen-bond acceptors (Lipinski definition) is 6. The summed E-state index contributed by atoms with van der Waals surface area (Å²) >= 11 is 1.20. The van der Waals surface area contributed by atoms with Gasteiger partial charge in [-0.05, 0) is 24.3 Å². The number of hydrazine groups is 1. The van der Waals surface area contributed by atoms with Crippen LogP contribution in [0.15, 0.2) is 53.7 Å². The summed E-state index contributed by atoms with van der Waals surface area (Å²) in [4.78, 5) is 37.9. The molecule has 2 amide bonds. The molecular formula is C14H12N4O4S. The second kappa shape index (κ2) is 7.90. The number of thioether (sulfide) groups is 1. The van der Waals surface area contributed by atoms with Crippen LogP contribution in [0.3, 0.4) is 0 Å². The van der Waals surface area contributed by atoms with Gasteiger partial charge in [-0.25, -0.2) is 0 Å². The van der Waals surface area contributed by atoms with Crippen molar-refractivity contribution in [2.75, 3.05) is 5.75 Å². The fourth-order valence-electron chi connectivity index (χ4n) is 1.54. The minimum absolute atomic E-state index is 0.0115. The summed E-state index contributed by atoms with van der Waals surface area (Å²) in [6, 6.07) is 9.03. The number of non-ortho nitro benzene ring substituents is 1. The van der Waals surface area contributed by atoms with E-state index in [1.54, 1.807) is 24.3 Å². The predicted molar refractivity (Wildman–Crippen MR) is 83.7 cm³/mol. The Labute approximate surface area is 135 Å². The highest BCUT2D eigenvalue weighted by atomic mass is 32.2. The van der Waals surface area contributed by atoms with E-state index >= 15 is 0 Å². The molecule has 0 aliphatic heterocycles. The SMILES string of the molecule is O=C(CSc1ccc([N+](=O)[O-])cc1)NNC(=O)c1cccnc1. The lowest BCUT2D eigenvalue weighted by Gasteiger charge is -2.07. The van der Waals surface area contributed by atoms with Crippen LogP contribution in [-0.2, 0) is 4.79 Å². The molecule has 0 aliphatic carbocycles. The molecule has 8 nitrogen and oxygen atoms in total. The largest absolute Gasteiger partial charge is 0.272 e. The Morgan fingerprint density at radius 2 is 1.91 bits per heavy atom. The zero-order valence-electron chi connectivity index (χ0n) is 11.8. The smallest absolute Gasteiger partial charge is 0.271 e. The fraction of sp³-hybridized carbons (Fsp3) is 0.0714. The van der Waals surface area contributed by atoms with Gasteiger partial charge in [-0.3, -0.25) is 35.5 Å². The van der Waals surface area contributed by atoms with Gasteiger partial charge in [0.15, 0.2) is 0 Å². The number of hydrogen-bond donors (Lipinski definition) is 2. The Bertz CT molecular complexity index is 706. The third kappa shape index (κ3) is 5.08. The van der Waals surface area contributed by atoms with Gasteiger partial charge in [-0.15, -0.1) is 11.8 Å². The number of nitro groups is 1. The molecule has 0 fully saturated rings. The lowest BCUT2D eigenvalue weighted by molar-refractivity contribution is -0.384. The van der Waals surface area contributed by atoms with Gasteiger partial charge in [0.1, 0.15) is 0 Å². The van der Waals surface area contributed by atoms with Gasteiger partial charge in [0.25, 0.3) is 11.6 Å². The standard InChI is InChI=1S/C14H12N4O4S/c19-13(16-17-14(20)10-2-1-7-15-8-10)9-23-12-5-3-11(4-6-12)18(21)22/h1-8H,9H2,(H,16,19)(H,17,20). The molecule has 9 heteroatoms. The summed E-state index contributed by atoms with van der Waals surface area (Å²) in [5.41, 5.74) is 4.88. The number of amides is 2. The van der Waals surface area contributed by atoms with Crippen molar-refractivity contribution in [1.29, 1.82) is 0 Å². The third-order valence-electron chi connectivity index (χ3n) is 2.66. The van der Waals surface area contributed by atoms with Gasteiger partial charge in [0.2, 0.25) is 5.91 Å². The zero-order chi connectivity index (χ0) is 16.7. The van der Waals surface area contributed by atoms with Crippen molar-refractivity contribution in [3.05, 3.63) is 64.5 Å². The number of nitrogens with zero attached hydrogens (tertiary/aromatic N) is 2. The molecular weight excluding hydrogens is 320 g/mol. The summed E-state index contributed by atoms with van der Waals surface area (Å²) in [5.74, 6) is -0.803. The van der Waals surface area contributed by atoms with E-state index in [0.717, 1.165) is 0 Å². The predicted octanol–water partition coefficient (Wildman–Crippen LogP) is 1.54. The molecule has 0 aliphatic rings. The van der Waals surface area contributed by atoms with Gasteiger partial charge in [0.05, 0.1) is 16.2 Å². The molecule has 0 saturated carbocycles. The normalized spacial score (nSPS) is 9.91. The fourth-order valence-corrected chi connectivity index (χ4v) is 2.24. The Kier molecular flexibility index (Phi) is 5.64. The van der Waals surface area contributed by atoms with E-state index in [2.05, 4.69) is 15.8 Å². The highest BCUT2D eigenvalue weighted by Gasteiger charge is 2.08. The molecule has 0 bridgehead atoms. The summed E-state index contributed by atoms with van der Waals surface area (Å²) < 4.78 is 0. The van der Waals surface area contributed by atoms with Crippen LogP contribution >= 0.6 is 11.8 Å². The van der Waals surface area contributed by atoms with E-state index in [4.69, 9.17) is 0 Å². The van der Waals surface area contributed by atoms with Crippen molar-refractivity contribution in [3.63, 3.8) is 0 Å². The summed E-state index contributed by atoms with van der Waals surface area (Å²) in [7, 11) is 0. The highest BCUT2D eigenvalue weighted by Crippen LogP contribution is 2.20. The molecule has 1 aromatic carbocycles. The Hall–Kier alpha value is -2.94. The molecule has 23 heavy (non-hydrogen) atoms. The lowest BCUT2D eigenvalue weighted by Crippen LogP contribution is -2.42. The third-order valence-corrected chi connectivity index (χ3v) is 3.67. The zero-order valence-corrected chi connectivity index (χ0v) is 12.6. The maximum Gasteiger partial charge on any atom is 0.271 e. The number of pyridine rings is 1. The van der Waals surface area contributed by atoms with Crippen LogP contribution in [0.1, 0.15) is 10.4 Å². The average Bonchev–Trinajstić information content (AvgIpc) is 2.59. The molecule has 0 atom stereocenters. The number of carbonyl (C=O) groups is 2. The number of nitrogens with one attached hydrogen (secondary N) is 2. The summed E-state index contributed by atoms with van der Waals surface area (Å²) in [5, 5.41) is 10.5. The number of rotatable bonds is 5. The minimum atomic E-state index is -0.491. The van der Waals surface area contributed by atoms with Crippen molar-refractivity contribution >= 4 is 29.3 Å².